The maximum absolute atomic E-state index is 5.27. The summed E-state index contributed by atoms with van der Waals surface area (Å²) in [5.41, 5.74) is 2.63. The molecular formula is C16H14OS. The van der Waals surface area contributed by atoms with Crippen LogP contribution in [0.2, 0.25) is 0 Å². The highest BCUT2D eigenvalue weighted by Crippen LogP contribution is 2.36. The normalized spacial score (nSPS) is 10.8. The Bertz CT molecular complexity index is 697. The highest BCUT2D eigenvalue weighted by molar-refractivity contribution is 7.22. The van der Waals surface area contributed by atoms with Gasteiger partial charge in [-0.3, -0.25) is 0 Å². The van der Waals surface area contributed by atoms with E-state index in [1.807, 2.05) is 17.4 Å². The Morgan fingerprint density at radius 2 is 1.83 bits per heavy atom. The molecule has 90 valence electrons. The molecule has 0 aliphatic rings. The summed E-state index contributed by atoms with van der Waals surface area (Å²) in [6.45, 7) is 2.15. The van der Waals surface area contributed by atoms with Gasteiger partial charge in [0.1, 0.15) is 5.75 Å². The van der Waals surface area contributed by atoms with Crippen molar-refractivity contribution in [3.8, 4) is 16.2 Å². The van der Waals surface area contributed by atoms with Crippen LogP contribution in [-0.2, 0) is 0 Å². The van der Waals surface area contributed by atoms with Crippen LogP contribution < -0.4 is 4.74 Å². The van der Waals surface area contributed by atoms with Crippen LogP contribution in [-0.4, -0.2) is 7.11 Å². The molecule has 18 heavy (non-hydrogen) atoms. The van der Waals surface area contributed by atoms with E-state index in [1.54, 1.807) is 7.11 Å². The molecule has 0 N–H and O–H groups in total. The summed E-state index contributed by atoms with van der Waals surface area (Å²) in [5, 5.41) is 1.28. The van der Waals surface area contributed by atoms with Crippen molar-refractivity contribution in [3.05, 3.63) is 54.1 Å². The van der Waals surface area contributed by atoms with Crippen LogP contribution in [0.15, 0.2) is 48.5 Å². The molecule has 3 rings (SSSR count). The zero-order valence-corrected chi connectivity index (χ0v) is 11.3. The molecule has 0 aliphatic heterocycles. The fourth-order valence-electron chi connectivity index (χ4n) is 2.12. The summed E-state index contributed by atoms with van der Waals surface area (Å²) in [4.78, 5) is 1.32. The average Bonchev–Trinajstić information content (AvgIpc) is 2.81. The second kappa shape index (κ2) is 4.46. The minimum absolute atomic E-state index is 0.917. The van der Waals surface area contributed by atoms with Crippen LogP contribution in [0, 0.1) is 6.92 Å². The standard InChI is InChI=1S/C16H14OS/c1-11-5-3-4-6-14(11)16-9-12-7-8-13(17-2)10-15(12)18-16/h3-10H,1-2H3. The average molecular weight is 254 g/mol. The molecule has 0 unspecified atom stereocenters. The second-order valence-electron chi connectivity index (χ2n) is 4.33. The van der Waals surface area contributed by atoms with E-state index in [2.05, 4.69) is 49.4 Å². The molecular weight excluding hydrogens is 240 g/mol. The van der Waals surface area contributed by atoms with Gasteiger partial charge in [0.2, 0.25) is 0 Å². The fraction of sp³-hybridized carbons (Fsp3) is 0.125. The van der Waals surface area contributed by atoms with Crippen LogP contribution in [0.25, 0.3) is 20.5 Å². The Morgan fingerprint density at radius 3 is 2.61 bits per heavy atom. The molecule has 0 fully saturated rings. The molecule has 2 aromatic carbocycles. The molecule has 0 saturated heterocycles. The smallest absolute Gasteiger partial charge is 0.120 e. The van der Waals surface area contributed by atoms with E-state index in [0.29, 0.717) is 0 Å². The lowest BCUT2D eigenvalue weighted by molar-refractivity contribution is 0.415. The van der Waals surface area contributed by atoms with E-state index in [9.17, 15) is 0 Å². The molecule has 0 aliphatic carbocycles. The first kappa shape index (κ1) is 11.3. The van der Waals surface area contributed by atoms with Crippen molar-refractivity contribution in [1.82, 2.24) is 0 Å². The molecule has 1 aromatic heterocycles. The zero-order valence-electron chi connectivity index (χ0n) is 10.4. The maximum atomic E-state index is 5.27. The van der Waals surface area contributed by atoms with Gasteiger partial charge < -0.3 is 4.74 Å². The van der Waals surface area contributed by atoms with Gasteiger partial charge in [0.15, 0.2) is 0 Å². The van der Waals surface area contributed by atoms with Gasteiger partial charge in [-0.25, -0.2) is 0 Å². The monoisotopic (exact) mass is 254 g/mol. The van der Waals surface area contributed by atoms with E-state index >= 15 is 0 Å². The molecule has 3 aromatic rings. The number of thiophene rings is 1. The van der Waals surface area contributed by atoms with E-state index in [0.717, 1.165) is 5.75 Å². The molecule has 0 amide bonds. The minimum Gasteiger partial charge on any atom is -0.497 e. The van der Waals surface area contributed by atoms with E-state index in [1.165, 1.54) is 26.1 Å². The van der Waals surface area contributed by atoms with Gasteiger partial charge in [0.25, 0.3) is 0 Å². The van der Waals surface area contributed by atoms with Crippen LogP contribution in [0.3, 0.4) is 0 Å². The van der Waals surface area contributed by atoms with Gasteiger partial charge in [-0.2, -0.15) is 0 Å². The molecule has 0 radical (unpaired) electrons. The summed E-state index contributed by atoms with van der Waals surface area (Å²) in [7, 11) is 1.71. The molecule has 1 heterocycles. The Kier molecular flexibility index (Phi) is 2.80. The summed E-state index contributed by atoms with van der Waals surface area (Å²) in [5.74, 6) is 0.917. The SMILES string of the molecule is COc1ccc2cc(-c3ccccc3C)sc2c1. The largest absolute Gasteiger partial charge is 0.497 e. The highest BCUT2D eigenvalue weighted by Gasteiger charge is 2.06. The van der Waals surface area contributed by atoms with Crippen LogP contribution in [0.5, 0.6) is 5.75 Å². The lowest BCUT2D eigenvalue weighted by Gasteiger charge is -2.00. The van der Waals surface area contributed by atoms with Gasteiger partial charge in [0, 0.05) is 9.58 Å². The van der Waals surface area contributed by atoms with E-state index < -0.39 is 0 Å². The summed E-state index contributed by atoms with van der Waals surface area (Å²) in [6.07, 6.45) is 0. The van der Waals surface area contributed by atoms with Crippen molar-refractivity contribution in [2.24, 2.45) is 0 Å². The minimum atomic E-state index is 0.917. The summed E-state index contributed by atoms with van der Waals surface area (Å²) >= 11 is 1.81. The van der Waals surface area contributed by atoms with Crippen molar-refractivity contribution in [3.63, 3.8) is 0 Å². The predicted octanol–water partition coefficient (Wildman–Crippen LogP) is 4.89. The number of methoxy groups -OCH3 is 1. The highest BCUT2D eigenvalue weighted by atomic mass is 32.1. The Balaban J connectivity index is 2.17. The van der Waals surface area contributed by atoms with Gasteiger partial charge in [-0.05, 0) is 47.7 Å². The molecule has 0 atom stereocenters. The quantitative estimate of drug-likeness (QED) is 0.633. The third-order valence-corrected chi connectivity index (χ3v) is 4.27. The van der Waals surface area contributed by atoms with Gasteiger partial charge in [0.05, 0.1) is 7.11 Å². The number of fused-ring (bicyclic) bond motifs is 1. The van der Waals surface area contributed by atoms with Gasteiger partial charge >= 0.3 is 0 Å². The third-order valence-electron chi connectivity index (χ3n) is 3.14. The molecule has 0 spiro atoms. The predicted molar refractivity (Wildman–Crippen MR) is 78.6 cm³/mol. The van der Waals surface area contributed by atoms with Crippen molar-refractivity contribution in [2.45, 2.75) is 6.92 Å². The first-order valence-electron chi connectivity index (χ1n) is 5.91. The molecule has 0 saturated carbocycles. The van der Waals surface area contributed by atoms with Crippen molar-refractivity contribution >= 4 is 21.4 Å². The molecule has 2 heteroatoms. The van der Waals surface area contributed by atoms with E-state index in [4.69, 9.17) is 4.74 Å². The zero-order chi connectivity index (χ0) is 12.5. The van der Waals surface area contributed by atoms with E-state index in [-0.39, 0.29) is 0 Å². The first-order valence-corrected chi connectivity index (χ1v) is 6.73. The van der Waals surface area contributed by atoms with Crippen LogP contribution in [0.1, 0.15) is 5.56 Å². The number of hydrogen-bond donors (Lipinski definition) is 0. The molecule has 1 nitrogen and oxygen atoms in total. The number of aryl methyl sites for hydroxylation is 1. The fourth-order valence-corrected chi connectivity index (χ4v) is 3.30. The van der Waals surface area contributed by atoms with Gasteiger partial charge in [-0.1, -0.05) is 24.3 Å². The second-order valence-corrected chi connectivity index (χ2v) is 5.41. The lowest BCUT2D eigenvalue weighted by atomic mass is 10.1. The number of benzene rings is 2. The molecule has 0 bridgehead atoms. The third kappa shape index (κ3) is 1.89. The van der Waals surface area contributed by atoms with Crippen molar-refractivity contribution < 1.29 is 4.74 Å². The number of hydrogen-bond acceptors (Lipinski definition) is 2. The Morgan fingerprint density at radius 1 is 1.00 bits per heavy atom. The Hall–Kier alpha value is -1.80. The first-order chi connectivity index (χ1) is 8.78. The van der Waals surface area contributed by atoms with Gasteiger partial charge in [-0.15, -0.1) is 11.3 Å². The number of ether oxygens (including phenoxy) is 1. The van der Waals surface area contributed by atoms with Crippen molar-refractivity contribution in [2.75, 3.05) is 7.11 Å². The van der Waals surface area contributed by atoms with Crippen LogP contribution in [0.4, 0.5) is 0 Å². The Labute approximate surface area is 111 Å². The van der Waals surface area contributed by atoms with Crippen LogP contribution >= 0.6 is 11.3 Å². The number of rotatable bonds is 2. The lowest BCUT2D eigenvalue weighted by Crippen LogP contribution is -1.79. The summed E-state index contributed by atoms with van der Waals surface area (Å²) in [6, 6.07) is 17.0. The maximum Gasteiger partial charge on any atom is 0.120 e. The summed E-state index contributed by atoms with van der Waals surface area (Å²) < 4.78 is 6.54. The topological polar surface area (TPSA) is 9.23 Å². The van der Waals surface area contributed by atoms with Crippen molar-refractivity contribution in [1.29, 1.82) is 0 Å².